The number of thiazole rings is 1. The van der Waals surface area contributed by atoms with Crippen molar-refractivity contribution in [1.29, 1.82) is 0 Å². The Morgan fingerprint density at radius 3 is 2.31 bits per heavy atom. The summed E-state index contributed by atoms with van der Waals surface area (Å²) in [6, 6.07) is 23.3. The molecule has 32 heavy (non-hydrogen) atoms. The van der Waals surface area contributed by atoms with Gasteiger partial charge in [0.05, 0.1) is 17.4 Å². The lowest BCUT2D eigenvalue weighted by atomic mass is 9.96. The highest BCUT2D eigenvalue weighted by atomic mass is 35.5. The highest BCUT2D eigenvalue weighted by molar-refractivity contribution is 7.14. The Hall–Kier alpha value is -2.95. The summed E-state index contributed by atoms with van der Waals surface area (Å²) < 4.78 is 0. The second-order valence-electron chi connectivity index (χ2n) is 8.34. The molecule has 1 aromatic heterocycles. The zero-order chi connectivity index (χ0) is 22.2. The van der Waals surface area contributed by atoms with Crippen LogP contribution in [-0.4, -0.2) is 10.7 Å². The van der Waals surface area contributed by atoms with Crippen molar-refractivity contribution in [3.63, 3.8) is 0 Å². The minimum atomic E-state index is 0.122. The number of halogens is 1. The summed E-state index contributed by atoms with van der Waals surface area (Å²) in [4.78, 5) is 4.94. The second kappa shape index (κ2) is 8.53. The molecule has 0 saturated heterocycles. The molecule has 5 rings (SSSR count). The smallest absolute Gasteiger partial charge is 0.207 e. The van der Waals surface area contributed by atoms with Gasteiger partial charge in [0, 0.05) is 22.4 Å². The van der Waals surface area contributed by atoms with E-state index in [1.54, 1.807) is 11.3 Å². The molecule has 3 nitrogen and oxygen atoms in total. The third kappa shape index (κ3) is 4.08. The Balaban J connectivity index is 1.54. The maximum Gasteiger partial charge on any atom is 0.207 e. The lowest BCUT2D eigenvalue weighted by molar-refractivity contribution is 0.706. The monoisotopic (exact) mass is 457 g/mol. The van der Waals surface area contributed by atoms with Gasteiger partial charge in [0.1, 0.15) is 0 Å². The summed E-state index contributed by atoms with van der Waals surface area (Å²) in [5.74, 6) is 0. The lowest BCUT2D eigenvalue weighted by Gasteiger charge is -2.21. The summed E-state index contributed by atoms with van der Waals surface area (Å²) in [6.07, 6.45) is 0.849. The topological polar surface area (TPSA) is 28.5 Å². The van der Waals surface area contributed by atoms with Crippen LogP contribution < -0.4 is 5.01 Å². The molecule has 1 atom stereocenters. The summed E-state index contributed by atoms with van der Waals surface area (Å²) in [5.41, 5.74) is 9.38. The van der Waals surface area contributed by atoms with Crippen molar-refractivity contribution in [2.75, 3.05) is 5.01 Å². The number of aryl methyl sites for hydroxylation is 3. The van der Waals surface area contributed by atoms with Crippen LogP contribution in [0.1, 0.15) is 40.3 Å². The Morgan fingerprint density at radius 1 is 0.875 bits per heavy atom. The van der Waals surface area contributed by atoms with Gasteiger partial charge >= 0.3 is 0 Å². The predicted molar refractivity (Wildman–Crippen MR) is 136 cm³/mol. The third-order valence-corrected chi connectivity index (χ3v) is 7.12. The van der Waals surface area contributed by atoms with E-state index in [2.05, 4.69) is 73.6 Å². The van der Waals surface area contributed by atoms with E-state index in [1.807, 2.05) is 24.3 Å². The molecule has 0 bridgehead atoms. The summed E-state index contributed by atoms with van der Waals surface area (Å²) in [6.45, 7) is 6.42. The Labute approximate surface area is 198 Å². The number of aromatic nitrogens is 1. The summed E-state index contributed by atoms with van der Waals surface area (Å²) in [5, 5.41) is 10.9. The third-order valence-electron chi connectivity index (χ3n) is 6.04. The number of nitrogens with zero attached hydrogens (tertiary/aromatic N) is 3. The van der Waals surface area contributed by atoms with E-state index < -0.39 is 0 Å². The molecule has 2 heterocycles. The number of hydrazone groups is 1. The van der Waals surface area contributed by atoms with Crippen molar-refractivity contribution in [2.24, 2.45) is 5.10 Å². The SMILES string of the molecule is Cc1ccc(C2CC(c3ccc(C)c(C)c3)=NN2c2nc(-c3ccc(Cl)cc3)cs2)cc1. The highest BCUT2D eigenvalue weighted by Crippen LogP contribution is 2.39. The molecule has 0 fully saturated rings. The molecule has 0 saturated carbocycles. The average Bonchev–Trinajstić information content (AvgIpc) is 3.44. The van der Waals surface area contributed by atoms with Crippen LogP contribution in [0.2, 0.25) is 5.02 Å². The van der Waals surface area contributed by atoms with E-state index in [0.717, 1.165) is 33.5 Å². The normalized spacial score (nSPS) is 15.8. The number of benzene rings is 3. The van der Waals surface area contributed by atoms with Crippen LogP contribution in [0.4, 0.5) is 5.13 Å². The molecule has 1 unspecified atom stereocenters. The van der Waals surface area contributed by atoms with E-state index in [-0.39, 0.29) is 6.04 Å². The van der Waals surface area contributed by atoms with Gasteiger partial charge in [-0.05, 0) is 61.2 Å². The van der Waals surface area contributed by atoms with Crippen molar-refractivity contribution in [3.05, 3.63) is 105 Å². The van der Waals surface area contributed by atoms with Crippen LogP contribution in [0.15, 0.2) is 77.2 Å². The minimum absolute atomic E-state index is 0.122. The lowest BCUT2D eigenvalue weighted by Crippen LogP contribution is -2.18. The Kier molecular flexibility index (Phi) is 5.58. The van der Waals surface area contributed by atoms with E-state index in [0.29, 0.717) is 0 Å². The molecule has 1 aliphatic heterocycles. The van der Waals surface area contributed by atoms with Crippen molar-refractivity contribution in [3.8, 4) is 11.3 Å². The maximum atomic E-state index is 6.06. The van der Waals surface area contributed by atoms with Crippen molar-refractivity contribution < 1.29 is 0 Å². The van der Waals surface area contributed by atoms with E-state index in [1.165, 1.54) is 27.8 Å². The van der Waals surface area contributed by atoms with Gasteiger partial charge in [-0.2, -0.15) is 5.10 Å². The second-order valence-corrected chi connectivity index (χ2v) is 9.62. The fourth-order valence-electron chi connectivity index (χ4n) is 3.95. The van der Waals surface area contributed by atoms with Gasteiger partial charge in [0.2, 0.25) is 5.13 Å². The number of hydrogen-bond donors (Lipinski definition) is 0. The Morgan fingerprint density at radius 2 is 1.59 bits per heavy atom. The molecule has 0 N–H and O–H groups in total. The van der Waals surface area contributed by atoms with Gasteiger partial charge in [0.15, 0.2) is 0 Å². The number of hydrogen-bond acceptors (Lipinski definition) is 4. The van der Waals surface area contributed by atoms with Crippen molar-refractivity contribution >= 4 is 33.8 Å². The van der Waals surface area contributed by atoms with Crippen LogP contribution in [-0.2, 0) is 0 Å². The van der Waals surface area contributed by atoms with E-state index in [4.69, 9.17) is 21.7 Å². The predicted octanol–water partition coefficient (Wildman–Crippen LogP) is 7.74. The molecule has 0 aliphatic carbocycles. The standard InChI is InChI=1S/C27H24ClN3S/c1-17-4-7-21(8-5-17)26-15-24(22-9-6-18(2)19(3)14-22)30-31(26)27-29-25(16-32-27)20-10-12-23(28)13-11-20/h4-14,16,26H,15H2,1-3H3. The minimum Gasteiger partial charge on any atom is -0.231 e. The first-order valence-corrected chi connectivity index (χ1v) is 12.0. The zero-order valence-corrected chi connectivity index (χ0v) is 19.9. The van der Waals surface area contributed by atoms with Crippen LogP contribution in [0.25, 0.3) is 11.3 Å². The number of anilines is 1. The zero-order valence-electron chi connectivity index (χ0n) is 18.3. The molecular formula is C27H24ClN3S. The first-order chi connectivity index (χ1) is 15.5. The molecule has 0 amide bonds. The quantitative estimate of drug-likeness (QED) is 0.313. The molecule has 5 heteroatoms. The van der Waals surface area contributed by atoms with Crippen LogP contribution in [0.5, 0.6) is 0 Å². The van der Waals surface area contributed by atoms with Gasteiger partial charge in [-0.15, -0.1) is 11.3 Å². The number of rotatable bonds is 4. The van der Waals surface area contributed by atoms with Gasteiger partial charge in [0.25, 0.3) is 0 Å². The van der Waals surface area contributed by atoms with Crippen molar-refractivity contribution in [2.45, 2.75) is 33.2 Å². The molecule has 3 aromatic carbocycles. The van der Waals surface area contributed by atoms with Crippen molar-refractivity contribution in [1.82, 2.24) is 4.98 Å². The van der Waals surface area contributed by atoms with E-state index in [9.17, 15) is 0 Å². The Bertz CT molecular complexity index is 1290. The maximum absolute atomic E-state index is 6.06. The summed E-state index contributed by atoms with van der Waals surface area (Å²) in [7, 11) is 0. The molecule has 0 spiro atoms. The van der Waals surface area contributed by atoms with Gasteiger partial charge < -0.3 is 0 Å². The van der Waals surface area contributed by atoms with Gasteiger partial charge in [-0.1, -0.05) is 65.7 Å². The highest BCUT2D eigenvalue weighted by Gasteiger charge is 2.31. The molecule has 4 aromatic rings. The van der Waals surface area contributed by atoms with Crippen LogP contribution in [0.3, 0.4) is 0 Å². The molecule has 160 valence electrons. The van der Waals surface area contributed by atoms with Crippen LogP contribution in [0, 0.1) is 20.8 Å². The largest absolute Gasteiger partial charge is 0.231 e. The van der Waals surface area contributed by atoms with Gasteiger partial charge in [-0.25, -0.2) is 9.99 Å². The molecular weight excluding hydrogens is 434 g/mol. The fraction of sp³-hybridized carbons (Fsp3) is 0.185. The first-order valence-electron chi connectivity index (χ1n) is 10.7. The van der Waals surface area contributed by atoms with Gasteiger partial charge in [-0.3, -0.25) is 0 Å². The van der Waals surface area contributed by atoms with E-state index >= 15 is 0 Å². The molecule has 1 aliphatic rings. The summed E-state index contributed by atoms with van der Waals surface area (Å²) >= 11 is 7.68. The van der Waals surface area contributed by atoms with Crippen LogP contribution >= 0.6 is 22.9 Å². The first kappa shape index (κ1) is 20.9. The average molecular weight is 458 g/mol. The molecule has 0 radical (unpaired) electrons. The fourth-order valence-corrected chi connectivity index (χ4v) is 4.91.